The lowest BCUT2D eigenvalue weighted by Crippen LogP contribution is -2.58. The minimum atomic E-state index is -1.22. The number of aromatic nitrogens is 8. The lowest BCUT2D eigenvalue weighted by Gasteiger charge is -2.33. The van der Waals surface area contributed by atoms with Gasteiger partial charge in [-0.1, -0.05) is 121 Å². The van der Waals surface area contributed by atoms with Gasteiger partial charge in [0.15, 0.2) is 0 Å². The number of para-hydroxylation sites is 2. The Balaban J connectivity index is 0.826. The van der Waals surface area contributed by atoms with Gasteiger partial charge in [0.2, 0.25) is 23.6 Å². The molecule has 438 valence electrons. The molecule has 2 saturated heterocycles. The van der Waals surface area contributed by atoms with Crippen LogP contribution in [0.2, 0.25) is 0 Å². The topological polar surface area (TPSA) is 252 Å². The highest BCUT2D eigenvalue weighted by molar-refractivity contribution is 5.92. The Morgan fingerprint density at radius 2 is 1.05 bits per heavy atom. The van der Waals surface area contributed by atoms with Crippen molar-refractivity contribution in [2.45, 2.75) is 122 Å². The van der Waals surface area contributed by atoms with Gasteiger partial charge in [0.25, 0.3) is 0 Å². The van der Waals surface area contributed by atoms with E-state index in [4.69, 9.17) is 23.7 Å². The summed E-state index contributed by atoms with van der Waals surface area (Å²) in [6, 6.07) is 30.6. The van der Waals surface area contributed by atoms with Crippen LogP contribution in [0.25, 0.3) is 11.1 Å². The lowest BCUT2D eigenvalue weighted by molar-refractivity contribution is -0.142. The third kappa shape index (κ3) is 14.5. The minimum Gasteiger partial charge on any atom is -0.448 e. The van der Waals surface area contributed by atoms with Crippen LogP contribution in [0.4, 0.5) is 4.79 Å². The second kappa shape index (κ2) is 28.2. The molecule has 2 N–H and O–H groups in total. The number of benzene rings is 4. The monoisotopic (exact) mass is 1140 g/mol. The Bertz CT molecular complexity index is 3330. The van der Waals surface area contributed by atoms with E-state index >= 15 is 0 Å². The largest absolute Gasteiger partial charge is 0.448 e. The van der Waals surface area contributed by atoms with Gasteiger partial charge in [0, 0.05) is 32.0 Å². The van der Waals surface area contributed by atoms with Gasteiger partial charge in [-0.25, -0.2) is 4.79 Å². The van der Waals surface area contributed by atoms with E-state index in [9.17, 15) is 24.0 Å². The predicted molar refractivity (Wildman–Crippen MR) is 306 cm³/mol. The maximum atomic E-state index is 14.8. The van der Waals surface area contributed by atoms with Crippen LogP contribution in [0.1, 0.15) is 77.3 Å². The van der Waals surface area contributed by atoms with Crippen LogP contribution in [0.5, 0.6) is 23.5 Å². The standard InChI is InChI=1S/C61H69N13O10/c1-40(2)55(75)62-53(57(77)71-33-21-23-44(71)37-73-59(64-66-68-73)83-46-25-11-9-12-26-46)42(4)80-35-19-7-8-20-36-81-43(5)54(58(78)72-34-22-24-45(72)38-74-60(65-67-69-74)84-47-27-13-10-14-28-47)63-56(76)41(3)70(6)61(79)82-39-52-50-31-17-15-29-48(50)49-30-16-18-32-51(49)52/h9-18,25-32,40-45,52-54H,21-24,33-39H2,1-6H3,(H,62,75)(H,63,76)/t41-,42+,43?,44?,45-,53-,54-/m0/s1. The van der Waals surface area contributed by atoms with Gasteiger partial charge in [0.1, 0.15) is 49.4 Å². The zero-order valence-corrected chi connectivity index (χ0v) is 47.9. The Kier molecular flexibility index (Phi) is 19.9. The Morgan fingerprint density at radius 3 is 1.51 bits per heavy atom. The number of amides is 5. The summed E-state index contributed by atoms with van der Waals surface area (Å²) < 4.78 is 32.9. The number of rotatable bonds is 23. The number of hydrogen-bond donors (Lipinski definition) is 2. The van der Waals surface area contributed by atoms with E-state index in [0.29, 0.717) is 43.9 Å². The number of nitrogens with one attached hydrogen (secondary N) is 2. The molecular weight excluding hydrogens is 1070 g/mol. The van der Waals surface area contributed by atoms with Crippen LogP contribution in [0, 0.1) is 29.6 Å². The molecule has 1 aliphatic carbocycles. The molecule has 84 heavy (non-hydrogen) atoms. The van der Waals surface area contributed by atoms with Crippen LogP contribution in [-0.2, 0) is 46.5 Å². The zero-order chi connectivity index (χ0) is 59.1. The molecule has 6 aromatic rings. The van der Waals surface area contributed by atoms with Crippen molar-refractivity contribution in [3.05, 3.63) is 120 Å². The first-order chi connectivity index (χ1) is 40.7. The Morgan fingerprint density at radius 1 is 0.607 bits per heavy atom. The normalized spacial score (nSPS) is 17.0. The molecule has 0 spiro atoms. The quantitative estimate of drug-likeness (QED) is 0.0737. The van der Waals surface area contributed by atoms with Crippen LogP contribution in [0.15, 0.2) is 109 Å². The number of ether oxygens (including phenoxy) is 5. The molecule has 0 bridgehead atoms. The second-order valence-electron chi connectivity index (χ2n) is 21.1. The maximum absolute atomic E-state index is 14.8. The zero-order valence-electron chi connectivity index (χ0n) is 47.9. The second-order valence-corrected chi connectivity index (χ2v) is 21.1. The van der Waals surface area contributed by atoms with Crippen molar-refractivity contribution < 1.29 is 47.7 Å². The summed E-state index contributed by atoms with van der Waals surface area (Å²) in [6.07, 6.45) is 0.315. The Labute approximate surface area is 487 Å². The fourth-order valence-electron chi connectivity index (χ4n) is 10.4. The maximum Gasteiger partial charge on any atom is 0.410 e. The summed E-state index contributed by atoms with van der Waals surface area (Å²) in [5.41, 5.74) is 4.28. The number of likely N-dealkylation sites (N-methyl/N-ethyl adjacent to an activating group) is 1. The fourth-order valence-corrected chi connectivity index (χ4v) is 10.4. The first kappa shape index (κ1) is 59.4. The number of nitrogens with zero attached hydrogens (tertiary/aromatic N) is 11. The molecule has 4 aromatic carbocycles. The van der Waals surface area contributed by atoms with Gasteiger partial charge in [-0.3, -0.25) is 24.1 Å². The molecule has 5 amide bonds. The van der Waals surface area contributed by atoms with Crippen molar-refractivity contribution in [3.8, 4) is 58.3 Å². The van der Waals surface area contributed by atoms with E-state index in [1.807, 2.05) is 72.8 Å². The molecule has 2 unspecified atom stereocenters. The van der Waals surface area contributed by atoms with Gasteiger partial charge in [-0.15, -0.1) is 0 Å². The molecule has 23 nitrogen and oxygen atoms in total. The van der Waals surface area contributed by atoms with E-state index in [1.165, 1.54) is 21.3 Å². The van der Waals surface area contributed by atoms with Gasteiger partial charge >= 0.3 is 18.1 Å². The fraction of sp³-hybridized carbons (Fsp3) is 0.426. The van der Waals surface area contributed by atoms with E-state index in [-0.39, 0.29) is 74.7 Å². The summed E-state index contributed by atoms with van der Waals surface area (Å²) >= 11 is 0. The van der Waals surface area contributed by atoms with Gasteiger partial charge in [-0.2, -0.15) is 9.36 Å². The molecule has 4 heterocycles. The molecular formula is C61H69N13O10. The molecule has 2 aromatic heterocycles. The van der Waals surface area contributed by atoms with E-state index in [1.54, 1.807) is 68.7 Å². The smallest absolute Gasteiger partial charge is 0.410 e. The highest BCUT2D eigenvalue weighted by atomic mass is 16.6. The average molecular weight is 1140 g/mol. The van der Waals surface area contributed by atoms with Crippen molar-refractivity contribution in [3.63, 3.8) is 0 Å². The summed E-state index contributed by atoms with van der Waals surface area (Å²) in [5, 5.41) is 29.8. The van der Waals surface area contributed by atoms with E-state index in [0.717, 1.165) is 28.7 Å². The number of likely N-dealkylation sites (tertiary alicyclic amines) is 2. The van der Waals surface area contributed by atoms with Gasteiger partial charge in [-0.05, 0) is 126 Å². The minimum absolute atomic E-state index is 0.0588. The van der Waals surface area contributed by atoms with Crippen LogP contribution < -0.4 is 20.1 Å². The number of hydrogen-bond acceptors (Lipinski definition) is 16. The van der Waals surface area contributed by atoms with Crippen LogP contribution >= 0.6 is 0 Å². The van der Waals surface area contributed by atoms with Gasteiger partial charge < -0.3 is 44.1 Å². The summed E-state index contributed by atoms with van der Waals surface area (Å²) in [5.74, 6) is 10.1. The molecule has 9 rings (SSSR count). The highest BCUT2D eigenvalue weighted by Crippen LogP contribution is 2.44. The predicted octanol–water partition coefficient (Wildman–Crippen LogP) is 5.64. The van der Waals surface area contributed by atoms with Crippen LogP contribution in [0.3, 0.4) is 0 Å². The first-order valence-corrected chi connectivity index (χ1v) is 28.2. The van der Waals surface area contributed by atoms with Crippen molar-refractivity contribution in [2.75, 3.05) is 40.0 Å². The summed E-state index contributed by atoms with van der Waals surface area (Å²) in [7, 11) is 1.48. The van der Waals surface area contributed by atoms with E-state index in [2.05, 4.69) is 77.5 Å². The van der Waals surface area contributed by atoms with Crippen LogP contribution in [-0.4, -0.2) is 167 Å². The molecule has 3 aliphatic rings. The highest BCUT2D eigenvalue weighted by Gasteiger charge is 2.41. The number of tetrazole rings is 2. The molecule has 0 radical (unpaired) electrons. The SMILES string of the molecule is CC(C)C(=O)N[C@H](C(=O)N1CCCC1Cn1nnnc1Oc1ccccc1)[C@@H](C)OCC#CC#CCOC(C)[C@H](NC(=O)[C@H](C)N(C)C(=O)OCC1c2ccccc2-c2ccccc21)C(=O)N1CCC[C@H]1Cn1nnnc1Oc1ccccc1. The van der Waals surface area contributed by atoms with Crippen molar-refractivity contribution in [1.29, 1.82) is 0 Å². The first-order valence-electron chi connectivity index (χ1n) is 28.2. The van der Waals surface area contributed by atoms with Gasteiger partial charge in [0.05, 0.1) is 37.4 Å². The number of fused-ring (bicyclic) bond motifs is 3. The number of carbonyl (C=O) groups excluding carboxylic acids is 5. The number of carbonyl (C=O) groups is 5. The van der Waals surface area contributed by atoms with Crippen molar-refractivity contribution in [1.82, 2.24) is 65.7 Å². The molecule has 23 heteroatoms. The third-order valence-electron chi connectivity index (χ3n) is 15.2. The molecule has 7 atom stereocenters. The molecule has 0 saturated carbocycles. The average Bonchev–Trinajstić information content (AvgIpc) is 3.69. The molecule has 2 aliphatic heterocycles. The summed E-state index contributed by atoms with van der Waals surface area (Å²) in [6.45, 7) is 9.52. The molecule has 2 fully saturated rings. The summed E-state index contributed by atoms with van der Waals surface area (Å²) in [4.78, 5) is 74.6. The Hall–Kier alpha value is -9.19. The third-order valence-corrected chi connectivity index (χ3v) is 15.2. The van der Waals surface area contributed by atoms with Crippen molar-refractivity contribution in [2.24, 2.45) is 5.92 Å². The lowest BCUT2D eigenvalue weighted by atomic mass is 9.98. The van der Waals surface area contributed by atoms with Crippen molar-refractivity contribution >= 4 is 29.7 Å². The van der Waals surface area contributed by atoms with E-state index < -0.39 is 54.2 Å².